The normalized spacial score (nSPS) is 15.5. The van der Waals surface area contributed by atoms with Crippen molar-refractivity contribution in [2.24, 2.45) is 0 Å². The standard InChI is InChI=1S/C19H21ClO2/c1-14(22-18-10-11-18)13-21-17-8-6-15(7-9-17)12-16-4-2-3-5-19(16)20/h2-9,14,18H,10-13H2,1H3. The number of ether oxygens (including phenoxy) is 2. The lowest BCUT2D eigenvalue weighted by molar-refractivity contribution is 0.0210. The van der Waals surface area contributed by atoms with Gasteiger partial charge in [-0.25, -0.2) is 0 Å². The summed E-state index contributed by atoms with van der Waals surface area (Å²) in [5, 5.41) is 0.814. The van der Waals surface area contributed by atoms with Crippen molar-refractivity contribution in [2.45, 2.75) is 38.4 Å². The highest BCUT2D eigenvalue weighted by atomic mass is 35.5. The number of rotatable bonds is 7. The van der Waals surface area contributed by atoms with Crippen LogP contribution in [-0.4, -0.2) is 18.8 Å². The van der Waals surface area contributed by atoms with E-state index in [9.17, 15) is 0 Å². The van der Waals surface area contributed by atoms with Crippen molar-refractivity contribution in [3.8, 4) is 5.75 Å². The molecule has 2 nitrogen and oxygen atoms in total. The molecule has 0 radical (unpaired) electrons. The van der Waals surface area contributed by atoms with E-state index in [1.54, 1.807) is 0 Å². The summed E-state index contributed by atoms with van der Waals surface area (Å²) in [5.41, 5.74) is 2.37. The van der Waals surface area contributed by atoms with Gasteiger partial charge in [0.2, 0.25) is 0 Å². The Hall–Kier alpha value is -1.51. The van der Waals surface area contributed by atoms with Crippen LogP contribution < -0.4 is 4.74 Å². The maximum atomic E-state index is 6.20. The number of hydrogen-bond donors (Lipinski definition) is 0. The van der Waals surface area contributed by atoms with Crippen LogP contribution in [0.2, 0.25) is 5.02 Å². The van der Waals surface area contributed by atoms with Gasteiger partial charge in [-0.3, -0.25) is 0 Å². The predicted octanol–water partition coefficient (Wildman–Crippen LogP) is 4.88. The third-order valence-corrected chi connectivity index (χ3v) is 4.08. The van der Waals surface area contributed by atoms with Gasteiger partial charge in [0.1, 0.15) is 12.4 Å². The Morgan fingerprint density at radius 3 is 2.50 bits per heavy atom. The van der Waals surface area contributed by atoms with Gasteiger partial charge in [-0.1, -0.05) is 41.9 Å². The molecule has 2 aromatic rings. The Bertz CT molecular complexity index is 605. The minimum atomic E-state index is 0.148. The number of halogens is 1. The Balaban J connectivity index is 1.52. The molecule has 0 amide bonds. The molecule has 3 rings (SSSR count). The lowest BCUT2D eigenvalue weighted by Crippen LogP contribution is -2.19. The molecule has 0 spiro atoms. The summed E-state index contributed by atoms with van der Waals surface area (Å²) in [6.45, 7) is 2.66. The van der Waals surface area contributed by atoms with Crippen LogP contribution in [-0.2, 0) is 11.2 Å². The Morgan fingerprint density at radius 2 is 1.82 bits per heavy atom. The van der Waals surface area contributed by atoms with Crippen molar-refractivity contribution >= 4 is 11.6 Å². The molecule has 1 atom stereocenters. The van der Waals surface area contributed by atoms with Crippen molar-refractivity contribution in [2.75, 3.05) is 6.61 Å². The molecule has 0 N–H and O–H groups in total. The SMILES string of the molecule is CC(COc1ccc(Cc2ccccc2Cl)cc1)OC1CC1. The monoisotopic (exact) mass is 316 g/mol. The van der Waals surface area contributed by atoms with Crippen LogP contribution in [0.3, 0.4) is 0 Å². The molecule has 1 aliphatic carbocycles. The Kier molecular flexibility index (Phi) is 5.01. The smallest absolute Gasteiger partial charge is 0.119 e. The lowest BCUT2D eigenvalue weighted by atomic mass is 10.1. The minimum absolute atomic E-state index is 0.148. The van der Waals surface area contributed by atoms with E-state index in [-0.39, 0.29) is 6.10 Å². The molecular weight excluding hydrogens is 296 g/mol. The fourth-order valence-corrected chi connectivity index (χ4v) is 2.55. The van der Waals surface area contributed by atoms with Crippen molar-refractivity contribution < 1.29 is 9.47 Å². The maximum absolute atomic E-state index is 6.20. The molecule has 2 aromatic carbocycles. The van der Waals surface area contributed by atoms with Crippen LogP contribution in [0, 0.1) is 0 Å². The van der Waals surface area contributed by atoms with Crippen LogP contribution in [0.5, 0.6) is 5.75 Å². The van der Waals surface area contributed by atoms with Gasteiger partial charge >= 0.3 is 0 Å². The highest BCUT2D eigenvalue weighted by Gasteiger charge is 2.24. The summed E-state index contributed by atoms with van der Waals surface area (Å²) in [6.07, 6.45) is 3.84. The average Bonchev–Trinajstić information content (AvgIpc) is 3.33. The zero-order valence-electron chi connectivity index (χ0n) is 12.8. The van der Waals surface area contributed by atoms with E-state index in [1.165, 1.54) is 18.4 Å². The van der Waals surface area contributed by atoms with Gasteiger partial charge < -0.3 is 9.47 Å². The molecule has 1 fully saturated rings. The predicted molar refractivity (Wildman–Crippen MR) is 89.8 cm³/mol. The van der Waals surface area contributed by atoms with Crippen molar-refractivity contribution in [1.82, 2.24) is 0 Å². The molecule has 22 heavy (non-hydrogen) atoms. The maximum Gasteiger partial charge on any atom is 0.119 e. The van der Waals surface area contributed by atoms with Crippen LogP contribution in [0.25, 0.3) is 0 Å². The summed E-state index contributed by atoms with van der Waals surface area (Å²) in [5.74, 6) is 0.883. The molecule has 3 heteroatoms. The van der Waals surface area contributed by atoms with Crippen LogP contribution >= 0.6 is 11.6 Å². The summed E-state index contributed by atoms with van der Waals surface area (Å²) in [4.78, 5) is 0. The fourth-order valence-electron chi connectivity index (χ4n) is 2.35. The largest absolute Gasteiger partial charge is 0.491 e. The molecule has 1 saturated carbocycles. The summed E-state index contributed by atoms with van der Waals surface area (Å²) >= 11 is 6.20. The first-order valence-electron chi connectivity index (χ1n) is 7.81. The number of benzene rings is 2. The van der Waals surface area contributed by atoms with Gasteiger partial charge in [0, 0.05) is 5.02 Å². The van der Waals surface area contributed by atoms with Gasteiger partial charge in [-0.15, -0.1) is 0 Å². The number of hydrogen-bond acceptors (Lipinski definition) is 2. The van der Waals surface area contributed by atoms with E-state index in [4.69, 9.17) is 21.1 Å². The Morgan fingerprint density at radius 1 is 1.09 bits per heavy atom. The van der Waals surface area contributed by atoms with Gasteiger partial charge in [0.25, 0.3) is 0 Å². The second-order valence-electron chi connectivity index (χ2n) is 5.87. The van der Waals surface area contributed by atoms with Gasteiger partial charge in [-0.2, -0.15) is 0 Å². The van der Waals surface area contributed by atoms with Crippen molar-refractivity contribution in [1.29, 1.82) is 0 Å². The topological polar surface area (TPSA) is 18.5 Å². The summed E-state index contributed by atoms with van der Waals surface area (Å²) in [7, 11) is 0. The third kappa shape index (κ3) is 4.49. The quantitative estimate of drug-likeness (QED) is 0.725. The zero-order chi connectivity index (χ0) is 15.4. The van der Waals surface area contributed by atoms with Gasteiger partial charge in [-0.05, 0) is 55.5 Å². The van der Waals surface area contributed by atoms with Crippen molar-refractivity contribution in [3.63, 3.8) is 0 Å². The summed E-state index contributed by atoms with van der Waals surface area (Å²) < 4.78 is 11.5. The molecule has 0 saturated heterocycles. The fraction of sp³-hybridized carbons (Fsp3) is 0.368. The lowest BCUT2D eigenvalue weighted by Gasteiger charge is -2.14. The van der Waals surface area contributed by atoms with E-state index < -0.39 is 0 Å². The third-order valence-electron chi connectivity index (χ3n) is 3.71. The molecular formula is C19H21ClO2. The highest BCUT2D eigenvalue weighted by molar-refractivity contribution is 6.31. The molecule has 0 heterocycles. The molecule has 0 aliphatic heterocycles. The first kappa shape index (κ1) is 15.4. The second kappa shape index (κ2) is 7.17. The van der Waals surface area contributed by atoms with Crippen LogP contribution in [0.4, 0.5) is 0 Å². The van der Waals surface area contributed by atoms with E-state index in [0.29, 0.717) is 12.7 Å². The van der Waals surface area contributed by atoms with E-state index in [0.717, 1.165) is 22.8 Å². The van der Waals surface area contributed by atoms with Crippen molar-refractivity contribution in [3.05, 3.63) is 64.7 Å². The average molecular weight is 317 g/mol. The zero-order valence-corrected chi connectivity index (χ0v) is 13.6. The van der Waals surface area contributed by atoms with E-state index >= 15 is 0 Å². The van der Waals surface area contributed by atoms with Crippen LogP contribution in [0.15, 0.2) is 48.5 Å². The second-order valence-corrected chi connectivity index (χ2v) is 6.28. The van der Waals surface area contributed by atoms with E-state index in [2.05, 4.69) is 25.1 Å². The molecule has 0 bridgehead atoms. The summed E-state index contributed by atoms with van der Waals surface area (Å²) in [6, 6.07) is 16.1. The highest BCUT2D eigenvalue weighted by Crippen LogP contribution is 2.25. The van der Waals surface area contributed by atoms with Gasteiger partial charge in [0.15, 0.2) is 0 Å². The first-order valence-corrected chi connectivity index (χ1v) is 8.19. The first-order chi connectivity index (χ1) is 10.7. The molecule has 116 valence electrons. The molecule has 0 aromatic heterocycles. The minimum Gasteiger partial charge on any atom is -0.491 e. The molecule has 1 unspecified atom stereocenters. The van der Waals surface area contributed by atoms with E-state index in [1.807, 2.05) is 30.3 Å². The molecule has 1 aliphatic rings. The van der Waals surface area contributed by atoms with Crippen LogP contribution in [0.1, 0.15) is 30.9 Å². The Labute approximate surface area is 137 Å². The van der Waals surface area contributed by atoms with Gasteiger partial charge in [0.05, 0.1) is 12.2 Å².